The maximum absolute atomic E-state index is 11.5. The minimum Gasteiger partial charge on any atom is -0.512 e. The van der Waals surface area contributed by atoms with Crippen molar-refractivity contribution < 1.29 is 9.90 Å². The Hall–Kier alpha value is -0.790. The molecule has 2 nitrogen and oxygen atoms in total. The molecule has 0 unspecified atom stereocenters. The topological polar surface area (TPSA) is 37.3 Å². The third kappa shape index (κ3) is 2.58. The molecule has 0 radical (unpaired) electrons. The second-order valence-corrected chi connectivity index (χ2v) is 4.00. The number of hydrogen-bond donors (Lipinski definition) is 1. The predicted octanol–water partition coefficient (Wildman–Crippen LogP) is 2.99. The first-order chi connectivity index (χ1) is 6.13. The molecular formula is C11H18O2. The molecule has 0 aromatic carbocycles. The Morgan fingerprint density at radius 1 is 1.23 bits per heavy atom. The molecule has 0 amide bonds. The Bertz CT molecular complexity index is 226. The van der Waals surface area contributed by atoms with Crippen LogP contribution in [-0.4, -0.2) is 10.9 Å². The van der Waals surface area contributed by atoms with Crippen molar-refractivity contribution in [2.75, 3.05) is 0 Å². The highest BCUT2D eigenvalue weighted by molar-refractivity contribution is 5.95. The van der Waals surface area contributed by atoms with E-state index in [4.69, 9.17) is 0 Å². The fraction of sp³-hybridized carbons (Fsp3) is 0.727. The molecule has 0 bridgehead atoms. The summed E-state index contributed by atoms with van der Waals surface area (Å²) < 4.78 is 0. The summed E-state index contributed by atoms with van der Waals surface area (Å²) in [6.07, 6.45) is 4.52. The van der Waals surface area contributed by atoms with Gasteiger partial charge in [0.05, 0.1) is 0 Å². The highest BCUT2D eigenvalue weighted by Gasteiger charge is 2.18. The van der Waals surface area contributed by atoms with Crippen molar-refractivity contribution in [3.8, 4) is 0 Å². The summed E-state index contributed by atoms with van der Waals surface area (Å²) in [5.74, 6) is 0.549. The second-order valence-electron chi connectivity index (χ2n) is 4.00. The van der Waals surface area contributed by atoms with E-state index < -0.39 is 0 Å². The third-order valence-electron chi connectivity index (χ3n) is 2.52. The van der Waals surface area contributed by atoms with Crippen LogP contribution in [0.1, 0.15) is 46.0 Å². The Morgan fingerprint density at radius 3 is 2.46 bits per heavy atom. The largest absolute Gasteiger partial charge is 0.512 e. The summed E-state index contributed by atoms with van der Waals surface area (Å²) >= 11 is 0. The van der Waals surface area contributed by atoms with E-state index in [0.29, 0.717) is 17.8 Å². The van der Waals surface area contributed by atoms with Crippen LogP contribution in [0.15, 0.2) is 11.3 Å². The molecular weight excluding hydrogens is 164 g/mol. The van der Waals surface area contributed by atoms with E-state index in [1.807, 2.05) is 13.8 Å². The van der Waals surface area contributed by atoms with Gasteiger partial charge in [0.2, 0.25) is 0 Å². The second kappa shape index (κ2) is 4.45. The molecule has 1 aliphatic carbocycles. The van der Waals surface area contributed by atoms with Gasteiger partial charge in [-0.1, -0.05) is 20.3 Å². The molecule has 1 rings (SSSR count). The van der Waals surface area contributed by atoms with Crippen LogP contribution in [0.4, 0.5) is 0 Å². The van der Waals surface area contributed by atoms with Crippen molar-refractivity contribution in [3.05, 3.63) is 11.3 Å². The molecule has 13 heavy (non-hydrogen) atoms. The maximum atomic E-state index is 11.5. The number of Topliss-reactive ketones (excluding diaryl/α,β-unsaturated/α-hetero) is 1. The third-order valence-corrected chi connectivity index (χ3v) is 2.52. The first kappa shape index (κ1) is 10.3. The van der Waals surface area contributed by atoms with Crippen LogP contribution in [0.2, 0.25) is 0 Å². The number of carbonyl (C=O) groups is 1. The number of aliphatic hydroxyl groups is 1. The number of rotatable bonds is 1. The van der Waals surface area contributed by atoms with Crippen molar-refractivity contribution in [2.24, 2.45) is 5.92 Å². The van der Waals surface area contributed by atoms with Gasteiger partial charge in [-0.15, -0.1) is 0 Å². The molecule has 0 heterocycles. The SMILES string of the molecule is CC(C)C(O)=C1CCCCCC1=O. The van der Waals surface area contributed by atoms with Crippen molar-refractivity contribution in [2.45, 2.75) is 46.0 Å². The molecule has 0 aliphatic heterocycles. The van der Waals surface area contributed by atoms with Gasteiger partial charge in [-0.25, -0.2) is 0 Å². The van der Waals surface area contributed by atoms with Gasteiger partial charge >= 0.3 is 0 Å². The molecule has 0 saturated heterocycles. The van der Waals surface area contributed by atoms with Crippen molar-refractivity contribution in [3.63, 3.8) is 0 Å². The lowest BCUT2D eigenvalue weighted by Gasteiger charge is -2.09. The van der Waals surface area contributed by atoms with E-state index in [0.717, 1.165) is 25.7 Å². The molecule has 0 aromatic heterocycles. The summed E-state index contributed by atoms with van der Waals surface area (Å²) in [4.78, 5) is 11.5. The molecule has 0 aromatic rings. The quantitative estimate of drug-likeness (QED) is 0.384. The number of aliphatic hydroxyl groups excluding tert-OH is 1. The van der Waals surface area contributed by atoms with Gasteiger partial charge in [0.15, 0.2) is 5.78 Å². The van der Waals surface area contributed by atoms with Crippen LogP contribution in [-0.2, 0) is 4.79 Å². The lowest BCUT2D eigenvalue weighted by Crippen LogP contribution is -2.07. The lowest BCUT2D eigenvalue weighted by molar-refractivity contribution is -0.115. The maximum Gasteiger partial charge on any atom is 0.162 e. The summed E-state index contributed by atoms with van der Waals surface area (Å²) in [7, 11) is 0. The van der Waals surface area contributed by atoms with Gasteiger partial charge in [0.25, 0.3) is 0 Å². The van der Waals surface area contributed by atoms with Crippen LogP contribution in [0.5, 0.6) is 0 Å². The molecule has 1 N–H and O–H groups in total. The minimum absolute atomic E-state index is 0.0806. The van der Waals surface area contributed by atoms with Crippen LogP contribution in [0.25, 0.3) is 0 Å². The first-order valence-electron chi connectivity index (χ1n) is 5.08. The van der Waals surface area contributed by atoms with E-state index in [-0.39, 0.29) is 11.7 Å². The normalized spacial score (nSPS) is 23.2. The minimum atomic E-state index is 0.0806. The van der Waals surface area contributed by atoms with E-state index >= 15 is 0 Å². The summed E-state index contributed by atoms with van der Waals surface area (Å²) in [6.45, 7) is 3.83. The van der Waals surface area contributed by atoms with Crippen molar-refractivity contribution in [1.29, 1.82) is 0 Å². The van der Waals surface area contributed by atoms with Gasteiger partial charge in [-0.05, 0) is 19.3 Å². The fourth-order valence-electron chi connectivity index (χ4n) is 1.67. The fourth-order valence-corrected chi connectivity index (χ4v) is 1.67. The molecule has 1 fully saturated rings. The monoisotopic (exact) mass is 182 g/mol. The Morgan fingerprint density at radius 2 is 1.85 bits per heavy atom. The molecule has 1 aliphatic rings. The van der Waals surface area contributed by atoms with E-state index in [9.17, 15) is 9.90 Å². The predicted molar refractivity (Wildman–Crippen MR) is 52.6 cm³/mol. The van der Waals surface area contributed by atoms with Gasteiger partial charge in [-0.3, -0.25) is 4.79 Å². The van der Waals surface area contributed by atoms with Crippen LogP contribution in [0, 0.1) is 5.92 Å². The van der Waals surface area contributed by atoms with Crippen LogP contribution in [0.3, 0.4) is 0 Å². The summed E-state index contributed by atoms with van der Waals surface area (Å²) in [6, 6.07) is 0. The number of allylic oxidation sites excluding steroid dienone is 2. The molecule has 74 valence electrons. The highest BCUT2D eigenvalue weighted by Crippen LogP contribution is 2.24. The van der Waals surface area contributed by atoms with Gasteiger partial charge < -0.3 is 5.11 Å². The van der Waals surface area contributed by atoms with Crippen LogP contribution >= 0.6 is 0 Å². The zero-order valence-electron chi connectivity index (χ0n) is 8.47. The van der Waals surface area contributed by atoms with E-state index in [1.54, 1.807) is 0 Å². The zero-order chi connectivity index (χ0) is 9.84. The molecule has 0 spiro atoms. The first-order valence-corrected chi connectivity index (χ1v) is 5.08. The van der Waals surface area contributed by atoms with E-state index in [2.05, 4.69) is 0 Å². The lowest BCUT2D eigenvalue weighted by atomic mass is 9.99. The van der Waals surface area contributed by atoms with E-state index in [1.165, 1.54) is 0 Å². The van der Waals surface area contributed by atoms with Crippen LogP contribution < -0.4 is 0 Å². The van der Waals surface area contributed by atoms with Gasteiger partial charge in [0.1, 0.15) is 5.76 Å². The summed E-state index contributed by atoms with van der Waals surface area (Å²) in [5.41, 5.74) is 0.688. The highest BCUT2D eigenvalue weighted by atomic mass is 16.3. The standard InChI is InChI=1S/C11H18O2/c1-8(2)11(13)9-6-4-3-5-7-10(9)12/h8,13H,3-7H2,1-2H3. The summed E-state index contributed by atoms with van der Waals surface area (Å²) in [5, 5.41) is 9.71. The van der Waals surface area contributed by atoms with Gasteiger partial charge in [0, 0.05) is 17.9 Å². The van der Waals surface area contributed by atoms with Gasteiger partial charge in [-0.2, -0.15) is 0 Å². The average molecular weight is 182 g/mol. The van der Waals surface area contributed by atoms with Crippen molar-refractivity contribution >= 4 is 5.78 Å². The Kier molecular flexibility index (Phi) is 3.52. The molecule has 1 saturated carbocycles. The number of carbonyl (C=O) groups excluding carboxylic acids is 1. The Balaban J connectivity index is 2.85. The molecule has 2 heteroatoms. The number of ketones is 1. The average Bonchev–Trinajstić information content (AvgIpc) is 2.28. The van der Waals surface area contributed by atoms with Crippen molar-refractivity contribution in [1.82, 2.24) is 0 Å². The zero-order valence-corrected chi connectivity index (χ0v) is 8.47. The number of hydrogen-bond acceptors (Lipinski definition) is 2. The molecule has 0 atom stereocenters. The Labute approximate surface area is 79.6 Å². The smallest absolute Gasteiger partial charge is 0.162 e.